The Kier molecular flexibility index (Phi) is 16.2. The Balaban J connectivity index is 7.09. The number of hydrogen-bond donors (Lipinski definition) is 0. The van der Waals surface area contributed by atoms with E-state index in [0.29, 0.717) is 0 Å². The molecule has 0 saturated heterocycles. The van der Waals surface area contributed by atoms with Crippen molar-refractivity contribution in [3.63, 3.8) is 0 Å². The van der Waals surface area contributed by atoms with Crippen molar-refractivity contribution < 1.29 is 142 Å². The van der Waals surface area contributed by atoms with Crippen LogP contribution in [0.2, 0.25) is 0 Å². The third-order valence-corrected chi connectivity index (χ3v) is 13.1. The van der Waals surface area contributed by atoms with Crippen molar-refractivity contribution in [2.24, 2.45) is 0 Å². The van der Waals surface area contributed by atoms with Gasteiger partial charge in [-0.1, -0.05) is 116 Å². The van der Waals surface area contributed by atoms with Crippen LogP contribution in [-0.2, 0) is 19.4 Å². The van der Waals surface area contributed by atoms with Gasteiger partial charge in [-0.3, -0.25) is 0 Å². The molecule has 0 aliphatic heterocycles. The van der Waals surface area contributed by atoms with Gasteiger partial charge in [0.05, 0.1) is 0 Å². The van der Waals surface area contributed by atoms with Crippen molar-refractivity contribution in [1.82, 2.24) is 0 Å². The Morgan fingerprint density at radius 2 is 0.403 bits per heavy atom. The first-order chi connectivity index (χ1) is 26.0. The number of hydrogen-bond acceptors (Lipinski definition) is 4. The van der Waals surface area contributed by atoms with Gasteiger partial charge < -0.3 is 0 Å². The highest BCUT2D eigenvalue weighted by molar-refractivity contribution is 6.71. The number of halogens is 38. The smallest absolute Gasteiger partial charge is 0.244 e. The monoisotopic (exact) mass is 1190 g/mol. The summed E-state index contributed by atoms with van der Waals surface area (Å²) in [5, 5.41) is -14.3. The van der Waals surface area contributed by atoms with E-state index in [1.54, 1.807) is 0 Å². The van der Waals surface area contributed by atoms with Crippen LogP contribution in [-0.4, -0.2) is 111 Å². The van der Waals surface area contributed by atoms with Gasteiger partial charge in [0, 0.05) is 0 Å². The summed E-state index contributed by atoms with van der Waals surface area (Å²) in [7, 11) is 0. The molecule has 0 aromatic heterocycles. The third-order valence-electron chi connectivity index (χ3n) is 6.94. The molecule has 0 aliphatic rings. The molecule has 42 heteroatoms. The van der Waals surface area contributed by atoms with Gasteiger partial charge in [0.15, 0.2) is 0 Å². The molecule has 0 aliphatic carbocycles. The lowest BCUT2D eigenvalue weighted by molar-refractivity contribution is -0.444. The standard InChI is InChI=1S/C20Cl10F28O4/c21-3(22,5(25,26)7(29,31)9(33,34)11(37,38)13(41,42)15(45,46)17(49,50)19(53,54)55)1(59)61-62-2(60)4(23,24)6(27,28)8(30,32)10(35,36)12(39,40)14(43,44)16(47,48)18(51,52)20(56,57)58. The first kappa shape index (κ1) is 61.9. The second-order valence-corrected chi connectivity index (χ2v) is 17.3. The van der Waals surface area contributed by atoms with Crippen molar-refractivity contribution in [2.45, 2.75) is 99.2 Å². The van der Waals surface area contributed by atoms with Gasteiger partial charge in [-0.2, -0.15) is 114 Å². The largest absolute Gasteiger partial charge is 0.460 e. The Labute approximate surface area is 368 Å². The Morgan fingerprint density at radius 1 is 0.258 bits per heavy atom. The van der Waals surface area contributed by atoms with E-state index in [4.69, 9.17) is 92.8 Å². The van der Waals surface area contributed by atoms with Crippen LogP contribution in [0.15, 0.2) is 0 Å². The molecule has 2 unspecified atom stereocenters. The van der Waals surface area contributed by atoms with Gasteiger partial charge in [-0.05, 0) is 0 Å². The quantitative estimate of drug-likeness (QED) is 0.0669. The maximum absolute atomic E-state index is 15.1. The zero-order chi connectivity index (χ0) is 51.6. The maximum Gasteiger partial charge on any atom is 0.460 e. The van der Waals surface area contributed by atoms with E-state index in [1.165, 1.54) is 0 Å². The molecule has 0 radical (unpaired) electrons. The van der Waals surface area contributed by atoms with Crippen LogP contribution >= 0.6 is 116 Å². The zero-order valence-electron chi connectivity index (χ0n) is 26.0. The van der Waals surface area contributed by atoms with Gasteiger partial charge in [0.2, 0.25) is 8.67 Å². The van der Waals surface area contributed by atoms with Crippen LogP contribution in [0.25, 0.3) is 0 Å². The summed E-state index contributed by atoms with van der Waals surface area (Å²) in [5.74, 6) is -94.0. The highest BCUT2D eigenvalue weighted by Crippen LogP contribution is 2.69. The van der Waals surface area contributed by atoms with E-state index >= 15 is 8.78 Å². The lowest BCUT2D eigenvalue weighted by Gasteiger charge is -2.46. The van der Waals surface area contributed by atoms with Crippen LogP contribution in [0.5, 0.6) is 0 Å². The van der Waals surface area contributed by atoms with Crippen LogP contribution in [0.3, 0.4) is 0 Å². The number of alkyl halides is 38. The van der Waals surface area contributed by atoms with E-state index in [9.17, 15) is 124 Å². The second-order valence-electron chi connectivity index (χ2n) is 10.9. The molecule has 0 aromatic carbocycles. The summed E-state index contributed by atoms with van der Waals surface area (Å²) in [6, 6.07) is 0. The van der Waals surface area contributed by atoms with Crippen molar-refractivity contribution in [1.29, 1.82) is 0 Å². The third kappa shape index (κ3) is 8.02. The molecule has 0 fully saturated rings. The molecule has 0 N–H and O–H groups in total. The van der Waals surface area contributed by atoms with E-state index in [-0.39, 0.29) is 0 Å². The highest BCUT2D eigenvalue weighted by atomic mass is 35.6. The summed E-state index contributed by atoms with van der Waals surface area (Å²) >= 11 is 46.8. The maximum atomic E-state index is 15.1. The van der Waals surface area contributed by atoms with Crippen LogP contribution < -0.4 is 0 Å². The molecule has 0 amide bonds. The lowest BCUT2D eigenvalue weighted by atomic mass is 9.90. The van der Waals surface area contributed by atoms with Crippen molar-refractivity contribution in [2.75, 3.05) is 0 Å². The average Bonchev–Trinajstić information content (AvgIpc) is 3.04. The lowest BCUT2D eigenvalue weighted by Crippen LogP contribution is -2.75. The Bertz CT molecular complexity index is 1580. The van der Waals surface area contributed by atoms with Gasteiger partial charge in [0.25, 0.3) is 18.9 Å². The average molecular weight is 1190 g/mol. The molecule has 2 atom stereocenters. The summed E-state index contributed by atoms with van der Waals surface area (Å²) in [4.78, 5) is 30.4. The molecule has 370 valence electrons. The molecule has 0 heterocycles. The molecule has 0 rings (SSSR count). The minimum Gasteiger partial charge on any atom is -0.244 e. The fourth-order valence-corrected chi connectivity index (χ4v) is 5.30. The highest BCUT2D eigenvalue weighted by Gasteiger charge is 2.97. The fraction of sp³-hybridized carbons (Fsp3) is 0.900. The normalized spacial score (nSPS) is 18.2. The molecular weight excluding hydrogens is 1190 g/mol. The zero-order valence-corrected chi connectivity index (χ0v) is 33.6. The Hall–Kier alpha value is -0.120. The molecule has 0 aromatic rings. The van der Waals surface area contributed by atoms with Gasteiger partial charge in [-0.15, -0.1) is 0 Å². The van der Waals surface area contributed by atoms with Gasteiger partial charge in [0.1, 0.15) is 0 Å². The van der Waals surface area contributed by atoms with E-state index < -0.39 is 111 Å². The van der Waals surface area contributed by atoms with Crippen molar-refractivity contribution in [3.8, 4) is 0 Å². The molecule has 0 bridgehead atoms. The first-order valence-electron chi connectivity index (χ1n) is 12.7. The second kappa shape index (κ2) is 16.3. The first-order valence-corrected chi connectivity index (χ1v) is 16.4. The summed E-state index contributed by atoms with van der Waals surface area (Å²) < 4.78 is 359. The van der Waals surface area contributed by atoms with Crippen molar-refractivity contribution in [3.05, 3.63) is 0 Å². The number of rotatable bonds is 16. The molecular formula is C20Cl10F28O4. The fourth-order valence-electron chi connectivity index (χ4n) is 3.16. The number of carbonyl (C=O) groups is 2. The van der Waals surface area contributed by atoms with Gasteiger partial charge in [-0.25, -0.2) is 28.1 Å². The molecule has 0 spiro atoms. The van der Waals surface area contributed by atoms with Crippen LogP contribution in [0.4, 0.5) is 123 Å². The van der Waals surface area contributed by atoms with Crippen LogP contribution in [0.1, 0.15) is 0 Å². The van der Waals surface area contributed by atoms with E-state index in [1.807, 2.05) is 0 Å². The summed E-state index contributed by atoms with van der Waals surface area (Å²) in [5.41, 5.74) is 0. The Morgan fingerprint density at radius 3 is 0.565 bits per heavy atom. The number of carbonyl (C=O) groups excluding carboxylic acids is 2. The molecule has 0 saturated carbocycles. The molecule has 62 heavy (non-hydrogen) atoms. The van der Waals surface area contributed by atoms with Gasteiger partial charge >= 0.3 is 83.5 Å². The summed E-state index contributed by atoms with van der Waals surface area (Å²) in [6.07, 6.45) is -16.1. The predicted octanol–water partition coefficient (Wildman–Crippen LogP) is 14.0. The molecule has 4 nitrogen and oxygen atoms in total. The topological polar surface area (TPSA) is 52.6 Å². The SMILES string of the molecule is O=C(OOC(=O)C(Cl)(Cl)C(Cl)(Cl)C(F)(Cl)C(F)(F)C(F)(F)C(F)(F)C(F)(F)C(F)(F)C(F)(F)F)C(Cl)(Cl)C(Cl)(Cl)C(F)(Cl)C(F)(F)C(F)(F)C(F)(F)C(F)(F)C(F)(F)C(F)(F)F. The van der Waals surface area contributed by atoms with E-state index in [0.717, 1.165) is 0 Å². The minimum atomic E-state index is -8.91. The van der Waals surface area contributed by atoms with Crippen molar-refractivity contribution >= 4 is 128 Å². The van der Waals surface area contributed by atoms with E-state index in [2.05, 4.69) is 33.0 Å². The van der Waals surface area contributed by atoms with Crippen LogP contribution in [0, 0.1) is 0 Å². The predicted molar refractivity (Wildman–Crippen MR) is 151 cm³/mol. The summed E-state index contributed by atoms with van der Waals surface area (Å²) in [6.45, 7) is 0. The minimum absolute atomic E-state index is 3.00.